The van der Waals surface area contributed by atoms with Gasteiger partial charge in [0.2, 0.25) is 0 Å². The van der Waals surface area contributed by atoms with Gasteiger partial charge in [-0.05, 0) is 18.3 Å². The van der Waals surface area contributed by atoms with E-state index in [0.29, 0.717) is 5.92 Å². The maximum Gasteiger partial charge on any atom is 0.410 e. The zero-order valence-electron chi connectivity index (χ0n) is 16.0. The maximum atomic E-state index is 12.0. The molecule has 3 atom stereocenters. The molecule has 0 heterocycles. The summed E-state index contributed by atoms with van der Waals surface area (Å²) in [4.78, 5) is 34.4. The molecule has 0 radical (unpaired) electrons. The molecule has 1 amide bonds. The maximum absolute atomic E-state index is 12.0. The summed E-state index contributed by atoms with van der Waals surface area (Å²) in [7, 11) is 0. The van der Waals surface area contributed by atoms with Crippen molar-refractivity contribution in [2.45, 2.75) is 73.0 Å². The molecule has 0 saturated carbocycles. The van der Waals surface area contributed by atoms with E-state index >= 15 is 0 Å². The molecule has 0 fully saturated rings. The molecule has 7 heteroatoms. The van der Waals surface area contributed by atoms with Crippen LogP contribution in [0.3, 0.4) is 0 Å². The number of hydrogen-bond donors (Lipinski definition) is 2. The van der Waals surface area contributed by atoms with Gasteiger partial charge in [-0.15, -0.1) is 0 Å². The first kappa shape index (κ1) is 23.2. The molecule has 0 aliphatic carbocycles. The number of rotatable bonds is 12. The van der Waals surface area contributed by atoms with Gasteiger partial charge < -0.3 is 19.9 Å². The fraction of sp³-hybridized carbons (Fsp3) is 0.833. The van der Waals surface area contributed by atoms with E-state index < -0.39 is 24.3 Å². The van der Waals surface area contributed by atoms with Crippen LogP contribution in [0.25, 0.3) is 0 Å². The highest BCUT2D eigenvalue weighted by Gasteiger charge is 2.23. The van der Waals surface area contributed by atoms with Gasteiger partial charge in [-0.25, -0.2) is 4.79 Å². The minimum absolute atomic E-state index is 0.00718. The van der Waals surface area contributed by atoms with Crippen molar-refractivity contribution in [1.82, 2.24) is 5.32 Å². The van der Waals surface area contributed by atoms with Gasteiger partial charge >= 0.3 is 18.0 Å². The Morgan fingerprint density at radius 3 is 2.20 bits per heavy atom. The van der Waals surface area contributed by atoms with E-state index in [1.807, 2.05) is 0 Å². The first-order chi connectivity index (χ1) is 11.7. The van der Waals surface area contributed by atoms with Crippen molar-refractivity contribution < 1.29 is 29.0 Å². The Labute approximate surface area is 150 Å². The highest BCUT2D eigenvalue weighted by molar-refractivity contribution is 5.70. The molecule has 0 aromatic carbocycles. The van der Waals surface area contributed by atoms with E-state index in [-0.39, 0.29) is 31.2 Å². The largest absolute Gasteiger partial charge is 0.481 e. The summed E-state index contributed by atoms with van der Waals surface area (Å²) in [6.07, 6.45) is 1.30. The highest BCUT2D eigenvalue weighted by atomic mass is 16.7. The van der Waals surface area contributed by atoms with Crippen molar-refractivity contribution in [3.63, 3.8) is 0 Å². The number of hydrogen-bond acceptors (Lipinski definition) is 5. The molecule has 7 nitrogen and oxygen atoms in total. The lowest BCUT2D eigenvalue weighted by molar-refractivity contribution is -0.174. The van der Waals surface area contributed by atoms with Gasteiger partial charge in [0.05, 0.1) is 0 Å². The molecular weight excluding hydrogens is 326 g/mol. The quantitative estimate of drug-likeness (QED) is 0.408. The van der Waals surface area contributed by atoms with E-state index in [1.54, 1.807) is 20.8 Å². The van der Waals surface area contributed by atoms with Crippen molar-refractivity contribution in [3.8, 4) is 0 Å². The number of amides is 1. The zero-order valence-corrected chi connectivity index (χ0v) is 16.0. The van der Waals surface area contributed by atoms with Gasteiger partial charge in [0.1, 0.15) is 0 Å². The summed E-state index contributed by atoms with van der Waals surface area (Å²) in [5.41, 5.74) is 0. The number of carboxylic acids is 1. The molecule has 0 aromatic rings. The monoisotopic (exact) mass is 359 g/mol. The van der Waals surface area contributed by atoms with Crippen molar-refractivity contribution in [3.05, 3.63) is 0 Å². The molecular formula is C18H33NO6. The third-order valence-electron chi connectivity index (χ3n) is 3.82. The number of esters is 1. The fourth-order valence-corrected chi connectivity index (χ4v) is 2.55. The molecule has 0 bridgehead atoms. The normalized spacial score (nSPS) is 14.5. The predicted molar refractivity (Wildman–Crippen MR) is 93.9 cm³/mol. The standard InChI is InChI=1S/C18H33NO6/c1-6-8-13(5)9-14(10-15(20)21)11-19-18(23)25-17(12(3)4)24-16(22)7-2/h12-14,17H,6-11H2,1-5H3,(H,19,23)(H,20,21)/t13-,14+,17+/m1/s1. The number of carbonyl (C=O) groups excluding carboxylic acids is 2. The van der Waals surface area contributed by atoms with Crippen LogP contribution in [0.15, 0.2) is 0 Å². The summed E-state index contributed by atoms with van der Waals surface area (Å²) in [6.45, 7) is 9.60. The summed E-state index contributed by atoms with van der Waals surface area (Å²) < 4.78 is 10.2. The summed E-state index contributed by atoms with van der Waals surface area (Å²) in [5, 5.41) is 11.6. The predicted octanol–water partition coefficient (Wildman–Crippen LogP) is 3.57. The topological polar surface area (TPSA) is 102 Å². The van der Waals surface area contributed by atoms with Crippen LogP contribution in [0.1, 0.15) is 66.7 Å². The smallest absolute Gasteiger partial charge is 0.410 e. The van der Waals surface area contributed by atoms with Gasteiger partial charge in [-0.3, -0.25) is 9.59 Å². The van der Waals surface area contributed by atoms with E-state index in [0.717, 1.165) is 19.3 Å². The van der Waals surface area contributed by atoms with Crippen LogP contribution >= 0.6 is 0 Å². The Kier molecular flexibility index (Phi) is 11.7. The van der Waals surface area contributed by atoms with Gasteiger partial charge in [0, 0.05) is 25.3 Å². The lowest BCUT2D eigenvalue weighted by Crippen LogP contribution is -2.37. The first-order valence-corrected chi connectivity index (χ1v) is 9.05. The second kappa shape index (κ2) is 12.6. The summed E-state index contributed by atoms with van der Waals surface area (Å²) in [5.74, 6) is -1.28. The number of carboxylic acid groups (broad SMARTS) is 1. The summed E-state index contributed by atoms with van der Waals surface area (Å²) >= 11 is 0. The van der Waals surface area contributed by atoms with Gasteiger partial charge in [-0.2, -0.15) is 0 Å². The van der Waals surface area contributed by atoms with E-state index in [2.05, 4.69) is 19.2 Å². The van der Waals surface area contributed by atoms with Crippen LogP contribution in [0.2, 0.25) is 0 Å². The Bertz CT molecular complexity index is 424. The Balaban J connectivity index is 4.55. The molecule has 146 valence electrons. The first-order valence-electron chi connectivity index (χ1n) is 9.05. The van der Waals surface area contributed by atoms with Gasteiger partial charge in [0.25, 0.3) is 6.29 Å². The second-order valence-corrected chi connectivity index (χ2v) is 6.84. The lowest BCUT2D eigenvalue weighted by atomic mass is 9.90. The zero-order chi connectivity index (χ0) is 19.4. The van der Waals surface area contributed by atoms with Crippen LogP contribution in [-0.2, 0) is 19.1 Å². The van der Waals surface area contributed by atoms with Gasteiger partial charge in [0.15, 0.2) is 0 Å². The minimum atomic E-state index is -0.954. The third kappa shape index (κ3) is 11.4. The average molecular weight is 359 g/mol. The minimum Gasteiger partial charge on any atom is -0.481 e. The summed E-state index contributed by atoms with van der Waals surface area (Å²) in [6, 6.07) is 0. The number of aliphatic carboxylic acids is 1. The molecule has 25 heavy (non-hydrogen) atoms. The number of alkyl carbamates (subject to hydrolysis) is 1. The molecule has 0 unspecified atom stereocenters. The average Bonchev–Trinajstić information content (AvgIpc) is 2.51. The molecule has 0 aliphatic rings. The highest BCUT2D eigenvalue weighted by Crippen LogP contribution is 2.19. The van der Waals surface area contributed by atoms with E-state index in [4.69, 9.17) is 14.6 Å². The molecule has 0 aliphatic heterocycles. The molecule has 0 saturated heterocycles. The van der Waals surface area contributed by atoms with Crippen molar-refractivity contribution in [1.29, 1.82) is 0 Å². The second-order valence-electron chi connectivity index (χ2n) is 6.84. The molecule has 2 N–H and O–H groups in total. The molecule has 0 rings (SSSR count). The lowest BCUT2D eigenvalue weighted by Gasteiger charge is -2.23. The van der Waals surface area contributed by atoms with Crippen LogP contribution in [0.5, 0.6) is 0 Å². The fourth-order valence-electron chi connectivity index (χ4n) is 2.55. The van der Waals surface area contributed by atoms with E-state index in [9.17, 15) is 14.4 Å². The van der Waals surface area contributed by atoms with Crippen molar-refractivity contribution in [2.24, 2.45) is 17.8 Å². The Morgan fingerprint density at radius 1 is 1.08 bits per heavy atom. The van der Waals surface area contributed by atoms with Crippen LogP contribution < -0.4 is 5.32 Å². The Hall–Kier alpha value is -1.79. The number of carbonyl (C=O) groups is 3. The third-order valence-corrected chi connectivity index (χ3v) is 3.82. The van der Waals surface area contributed by atoms with Crippen molar-refractivity contribution in [2.75, 3.05) is 6.54 Å². The van der Waals surface area contributed by atoms with Crippen LogP contribution in [0.4, 0.5) is 4.79 Å². The molecule has 0 aromatic heterocycles. The number of ether oxygens (including phenoxy) is 2. The Morgan fingerprint density at radius 2 is 1.72 bits per heavy atom. The van der Waals surface area contributed by atoms with Crippen LogP contribution in [-0.4, -0.2) is 36.0 Å². The number of nitrogens with one attached hydrogen (secondary N) is 1. The van der Waals surface area contributed by atoms with Crippen molar-refractivity contribution >= 4 is 18.0 Å². The SMILES string of the molecule is CCC[C@@H](C)C[C@H](CNC(=O)O[C@H](OC(=O)CC)C(C)C)CC(=O)O. The van der Waals surface area contributed by atoms with E-state index in [1.165, 1.54) is 0 Å². The van der Waals surface area contributed by atoms with Gasteiger partial charge in [-0.1, -0.05) is 47.5 Å². The van der Waals surface area contributed by atoms with Crippen LogP contribution in [0, 0.1) is 17.8 Å². The molecule has 0 spiro atoms.